The van der Waals surface area contributed by atoms with Crippen molar-refractivity contribution in [1.82, 2.24) is 4.31 Å². The van der Waals surface area contributed by atoms with Gasteiger partial charge in [0, 0.05) is 17.8 Å². The fourth-order valence-electron chi connectivity index (χ4n) is 1.91. The minimum atomic E-state index is -3.74. The van der Waals surface area contributed by atoms with Gasteiger partial charge < -0.3 is 5.32 Å². The van der Waals surface area contributed by atoms with Gasteiger partial charge in [0.1, 0.15) is 0 Å². The van der Waals surface area contributed by atoms with Gasteiger partial charge in [-0.2, -0.15) is 4.31 Å². The zero-order chi connectivity index (χ0) is 17.0. The number of rotatable bonds is 5. The Balaban J connectivity index is 2.05. The van der Waals surface area contributed by atoms with Crippen LogP contribution in [-0.2, 0) is 14.8 Å². The quantitative estimate of drug-likeness (QED) is 0.899. The molecule has 0 saturated heterocycles. The van der Waals surface area contributed by atoms with Crippen LogP contribution in [0.25, 0.3) is 0 Å². The van der Waals surface area contributed by atoms with Crippen molar-refractivity contribution in [2.45, 2.75) is 11.8 Å². The molecule has 1 N–H and O–H groups in total. The third kappa shape index (κ3) is 4.54. The molecule has 0 saturated carbocycles. The molecule has 0 unspecified atom stereocenters. The summed E-state index contributed by atoms with van der Waals surface area (Å²) in [5.74, 6) is -0.408. The van der Waals surface area contributed by atoms with Crippen molar-refractivity contribution in [2.75, 3.05) is 18.9 Å². The maximum absolute atomic E-state index is 12.4. The van der Waals surface area contributed by atoms with Crippen LogP contribution in [-0.4, -0.2) is 32.2 Å². The van der Waals surface area contributed by atoms with E-state index in [9.17, 15) is 13.2 Å². The van der Waals surface area contributed by atoms with Crippen molar-refractivity contribution < 1.29 is 13.2 Å². The molecule has 0 spiro atoms. The Morgan fingerprint density at radius 1 is 1.09 bits per heavy atom. The van der Waals surface area contributed by atoms with Gasteiger partial charge in [0.25, 0.3) is 0 Å². The first-order chi connectivity index (χ1) is 10.8. The zero-order valence-corrected chi connectivity index (χ0v) is 14.4. The highest BCUT2D eigenvalue weighted by molar-refractivity contribution is 7.89. The van der Waals surface area contributed by atoms with Gasteiger partial charge >= 0.3 is 0 Å². The molecule has 0 heterocycles. The van der Waals surface area contributed by atoms with E-state index in [2.05, 4.69) is 5.32 Å². The van der Waals surface area contributed by atoms with Crippen molar-refractivity contribution >= 4 is 33.2 Å². The molecule has 5 nitrogen and oxygen atoms in total. The Hall–Kier alpha value is -1.89. The van der Waals surface area contributed by atoms with Crippen molar-refractivity contribution in [1.29, 1.82) is 0 Å². The summed E-state index contributed by atoms with van der Waals surface area (Å²) in [5.41, 5.74) is 1.70. The van der Waals surface area contributed by atoms with Crippen LogP contribution in [0.2, 0.25) is 5.02 Å². The second-order valence-corrected chi connectivity index (χ2v) is 7.61. The maximum atomic E-state index is 12.4. The van der Waals surface area contributed by atoms with E-state index in [4.69, 9.17) is 11.6 Å². The minimum absolute atomic E-state index is 0.0903. The van der Waals surface area contributed by atoms with Gasteiger partial charge in [0.15, 0.2) is 0 Å². The first-order valence-electron chi connectivity index (χ1n) is 6.87. The lowest BCUT2D eigenvalue weighted by molar-refractivity contribution is -0.116. The van der Waals surface area contributed by atoms with Crippen LogP contribution in [0.5, 0.6) is 0 Å². The molecule has 0 atom stereocenters. The fourth-order valence-corrected chi connectivity index (χ4v) is 3.16. The van der Waals surface area contributed by atoms with Gasteiger partial charge in [-0.15, -0.1) is 0 Å². The Morgan fingerprint density at radius 3 is 2.22 bits per heavy atom. The molecule has 0 radical (unpaired) electrons. The third-order valence-electron chi connectivity index (χ3n) is 3.22. The summed E-state index contributed by atoms with van der Waals surface area (Å²) >= 11 is 5.75. The standard InChI is InChI=1S/C16H17ClN2O3S/c1-12-3-7-14(8-4-12)18-16(20)11-19(2)23(21,22)15-9-5-13(17)6-10-15/h3-10H,11H2,1-2H3,(H,18,20). The van der Waals surface area contributed by atoms with E-state index in [1.807, 2.05) is 19.1 Å². The summed E-state index contributed by atoms with van der Waals surface area (Å²) in [6, 6.07) is 13.1. The highest BCUT2D eigenvalue weighted by Crippen LogP contribution is 2.17. The largest absolute Gasteiger partial charge is 0.325 e. The van der Waals surface area contributed by atoms with Crippen LogP contribution in [0.1, 0.15) is 5.56 Å². The number of hydrogen-bond acceptors (Lipinski definition) is 3. The van der Waals surface area contributed by atoms with Crippen LogP contribution >= 0.6 is 11.6 Å². The Morgan fingerprint density at radius 2 is 1.65 bits per heavy atom. The second kappa shape index (κ2) is 7.12. The van der Waals surface area contributed by atoms with E-state index in [1.165, 1.54) is 31.3 Å². The first kappa shape index (κ1) is 17.5. The minimum Gasteiger partial charge on any atom is -0.325 e. The number of carbonyl (C=O) groups excluding carboxylic acids is 1. The lowest BCUT2D eigenvalue weighted by atomic mass is 10.2. The number of nitrogens with one attached hydrogen (secondary N) is 1. The molecule has 122 valence electrons. The summed E-state index contributed by atoms with van der Waals surface area (Å²) in [4.78, 5) is 12.1. The Kier molecular flexibility index (Phi) is 5.41. The average molecular weight is 353 g/mol. The normalized spacial score (nSPS) is 11.5. The summed E-state index contributed by atoms with van der Waals surface area (Å²) in [7, 11) is -2.38. The third-order valence-corrected chi connectivity index (χ3v) is 5.29. The number of anilines is 1. The van der Waals surface area contributed by atoms with Gasteiger partial charge in [0.05, 0.1) is 11.4 Å². The summed E-state index contributed by atoms with van der Waals surface area (Å²) < 4.78 is 25.8. The molecule has 0 aliphatic rings. The molecule has 7 heteroatoms. The van der Waals surface area contributed by atoms with E-state index in [1.54, 1.807) is 12.1 Å². The molecule has 0 aliphatic heterocycles. The number of likely N-dealkylation sites (N-methyl/N-ethyl adjacent to an activating group) is 1. The topological polar surface area (TPSA) is 66.5 Å². The summed E-state index contributed by atoms with van der Waals surface area (Å²) in [6.45, 7) is 1.66. The lowest BCUT2D eigenvalue weighted by Crippen LogP contribution is -2.34. The molecule has 2 rings (SSSR count). The van der Waals surface area contributed by atoms with Crippen LogP contribution < -0.4 is 5.32 Å². The first-order valence-corrected chi connectivity index (χ1v) is 8.69. The molecular weight excluding hydrogens is 336 g/mol. The zero-order valence-electron chi connectivity index (χ0n) is 12.8. The fraction of sp³-hybridized carbons (Fsp3) is 0.188. The summed E-state index contributed by atoms with van der Waals surface area (Å²) in [6.07, 6.45) is 0. The predicted molar refractivity (Wildman–Crippen MR) is 91.1 cm³/mol. The molecule has 23 heavy (non-hydrogen) atoms. The molecule has 2 aromatic carbocycles. The van der Waals surface area contributed by atoms with Crippen molar-refractivity contribution in [3.05, 3.63) is 59.1 Å². The second-order valence-electron chi connectivity index (χ2n) is 5.13. The average Bonchev–Trinajstić information content (AvgIpc) is 2.50. The predicted octanol–water partition coefficient (Wildman–Crippen LogP) is 2.91. The maximum Gasteiger partial charge on any atom is 0.243 e. The number of benzene rings is 2. The number of halogens is 1. The van der Waals surface area contributed by atoms with Crippen LogP contribution in [0, 0.1) is 6.92 Å². The SMILES string of the molecule is Cc1ccc(NC(=O)CN(C)S(=O)(=O)c2ccc(Cl)cc2)cc1. The molecule has 0 aliphatic carbocycles. The van der Waals surface area contributed by atoms with E-state index in [0.29, 0.717) is 10.7 Å². The van der Waals surface area contributed by atoms with Crippen LogP contribution in [0.3, 0.4) is 0 Å². The van der Waals surface area contributed by atoms with Gasteiger partial charge in [-0.1, -0.05) is 29.3 Å². The number of sulfonamides is 1. The highest BCUT2D eigenvalue weighted by Gasteiger charge is 2.22. The number of nitrogens with zero attached hydrogens (tertiary/aromatic N) is 1. The van der Waals surface area contributed by atoms with Crippen LogP contribution in [0.15, 0.2) is 53.4 Å². The lowest BCUT2D eigenvalue weighted by Gasteiger charge is -2.17. The highest BCUT2D eigenvalue weighted by atomic mass is 35.5. The number of carbonyl (C=O) groups is 1. The van der Waals surface area contributed by atoms with E-state index in [-0.39, 0.29) is 11.4 Å². The number of hydrogen-bond donors (Lipinski definition) is 1. The van der Waals surface area contributed by atoms with Crippen molar-refractivity contribution in [2.24, 2.45) is 0 Å². The van der Waals surface area contributed by atoms with Gasteiger partial charge in [-0.25, -0.2) is 8.42 Å². The van der Waals surface area contributed by atoms with Crippen LogP contribution in [0.4, 0.5) is 5.69 Å². The molecule has 0 bridgehead atoms. The Bertz CT molecular complexity index is 787. The van der Waals surface area contributed by atoms with E-state index >= 15 is 0 Å². The van der Waals surface area contributed by atoms with Gasteiger partial charge in [-0.05, 0) is 43.3 Å². The molecular formula is C16H17ClN2O3S. The number of amides is 1. The smallest absolute Gasteiger partial charge is 0.243 e. The summed E-state index contributed by atoms with van der Waals surface area (Å²) in [5, 5.41) is 3.11. The number of aryl methyl sites for hydroxylation is 1. The van der Waals surface area contributed by atoms with Crippen molar-refractivity contribution in [3.8, 4) is 0 Å². The Labute approximate surface area is 140 Å². The van der Waals surface area contributed by atoms with Crippen molar-refractivity contribution in [3.63, 3.8) is 0 Å². The monoisotopic (exact) mass is 352 g/mol. The van der Waals surface area contributed by atoms with Gasteiger partial charge in [0.2, 0.25) is 15.9 Å². The molecule has 1 amide bonds. The van der Waals surface area contributed by atoms with E-state index < -0.39 is 15.9 Å². The molecule has 2 aromatic rings. The van der Waals surface area contributed by atoms with Gasteiger partial charge in [-0.3, -0.25) is 4.79 Å². The molecule has 0 fully saturated rings. The van der Waals surface area contributed by atoms with E-state index in [0.717, 1.165) is 9.87 Å². The molecule has 0 aromatic heterocycles.